The average Bonchev–Trinajstić information content (AvgIpc) is 3.29. The van der Waals surface area contributed by atoms with E-state index in [0.717, 1.165) is 18.2 Å². The van der Waals surface area contributed by atoms with Gasteiger partial charge in [0.15, 0.2) is 0 Å². The summed E-state index contributed by atoms with van der Waals surface area (Å²) in [5.74, 6) is -1.78. The van der Waals surface area contributed by atoms with Gasteiger partial charge in [-0.3, -0.25) is 4.72 Å². The van der Waals surface area contributed by atoms with E-state index in [1.54, 1.807) is 24.3 Å². The largest absolute Gasteiger partial charge is 0.391 e. The number of carbonyl (C=O) groups excluding carboxylic acids is 2. The molecule has 0 aromatic heterocycles. The van der Waals surface area contributed by atoms with Crippen molar-refractivity contribution in [2.24, 2.45) is 0 Å². The number of benzene rings is 2. The molecule has 1 fully saturated rings. The number of sulfonamides is 2. The predicted molar refractivity (Wildman–Crippen MR) is 126 cm³/mol. The molecule has 2 atom stereocenters. The zero-order valence-electron chi connectivity index (χ0n) is 18.8. The molecular formula is C22H27N3O7S2. The predicted octanol–water partition coefficient (Wildman–Crippen LogP) is 1.08. The average molecular weight is 510 g/mol. The van der Waals surface area contributed by atoms with Crippen molar-refractivity contribution in [2.45, 2.75) is 43.2 Å². The van der Waals surface area contributed by atoms with E-state index in [2.05, 4.69) is 14.8 Å². The summed E-state index contributed by atoms with van der Waals surface area (Å²) in [5, 5.41) is 2.93. The highest BCUT2D eigenvalue weighted by atomic mass is 32.2. The van der Waals surface area contributed by atoms with Gasteiger partial charge >= 0.3 is 11.9 Å². The molecule has 0 spiro atoms. The molecule has 1 aliphatic rings. The maximum absolute atomic E-state index is 12.9. The maximum atomic E-state index is 12.9. The van der Waals surface area contributed by atoms with E-state index < -0.39 is 44.1 Å². The Hall–Kier alpha value is -2.80. The summed E-state index contributed by atoms with van der Waals surface area (Å²) in [4.78, 5) is 25.1. The Bertz CT molecular complexity index is 1240. The SMILES string of the molecule is Cc1ccc(S(=O)(=O)N[C@@H](Cc2ccc(NS(C)(=O)=O)cc2)C(=O)OC(=O)[C@@H]2CCCN2)cc1. The molecule has 2 aromatic carbocycles. The molecule has 3 N–H and O–H groups in total. The Balaban J connectivity index is 1.81. The fourth-order valence-electron chi connectivity index (χ4n) is 3.43. The van der Waals surface area contributed by atoms with Crippen molar-refractivity contribution < 1.29 is 31.2 Å². The smallest absolute Gasteiger partial charge is 0.332 e. The highest BCUT2D eigenvalue weighted by molar-refractivity contribution is 7.92. The van der Waals surface area contributed by atoms with E-state index in [0.29, 0.717) is 24.2 Å². The lowest BCUT2D eigenvalue weighted by Gasteiger charge is -2.19. The molecule has 0 amide bonds. The summed E-state index contributed by atoms with van der Waals surface area (Å²) in [7, 11) is -7.56. The summed E-state index contributed by atoms with van der Waals surface area (Å²) in [6, 6.07) is 10.2. The Morgan fingerprint density at radius 2 is 1.71 bits per heavy atom. The highest BCUT2D eigenvalue weighted by Crippen LogP contribution is 2.16. The lowest BCUT2D eigenvalue weighted by Crippen LogP contribution is -2.45. The number of carbonyl (C=O) groups is 2. The lowest BCUT2D eigenvalue weighted by molar-refractivity contribution is -0.162. The molecule has 0 aliphatic carbocycles. The lowest BCUT2D eigenvalue weighted by atomic mass is 10.1. The minimum absolute atomic E-state index is 0.0348. The van der Waals surface area contributed by atoms with E-state index in [1.807, 2.05) is 6.92 Å². The molecule has 0 radical (unpaired) electrons. The minimum atomic E-state index is -4.10. The van der Waals surface area contributed by atoms with Gasteiger partial charge in [-0.25, -0.2) is 26.4 Å². The second kappa shape index (κ2) is 10.6. The maximum Gasteiger partial charge on any atom is 0.332 e. The molecule has 0 unspecified atom stereocenters. The summed E-state index contributed by atoms with van der Waals surface area (Å²) in [5.41, 5.74) is 1.71. The van der Waals surface area contributed by atoms with E-state index in [-0.39, 0.29) is 11.3 Å². The topological polar surface area (TPSA) is 148 Å². The number of hydrogen-bond acceptors (Lipinski definition) is 8. The second-order valence-corrected chi connectivity index (χ2v) is 11.6. The molecule has 184 valence electrons. The molecule has 1 saturated heterocycles. The first-order valence-corrected chi connectivity index (χ1v) is 13.9. The van der Waals surface area contributed by atoms with E-state index >= 15 is 0 Å². The van der Waals surface area contributed by atoms with Gasteiger partial charge in [0.25, 0.3) is 0 Å². The number of aryl methyl sites for hydroxylation is 1. The third kappa shape index (κ3) is 7.35. The molecule has 0 bridgehead atoms. The number of anilines is 1. The number of ether oxygens (including phenoxy) is 1. The Morgan fingerprint density at radius 1 is 1.06 bits per heavy atom. The fourth-order valence-corrected chi connectivity index (χ4v) is 5.18. The van der Waals surface area contributed by atoms with Crippen LogP contribution >= 0.6 is 0 Å². The Kier molecular flexibility index (Phi) is 8.08. The van der Waals surface area contributed by atoms with Crippen LogP contribution in [0.3, 0.4) is 0 Å². The first-order valence-electron chi connectivity index (χ1n) is 10.6. The quantitative estimate of drug-likeness (QED) is 0.336. The third-order valence-electron chi connectivity index (χ3n) is 5.16. The van der Waals surface area contributed by atoms with Crippen molar-refractivity contribution in [2.75, 3.05) is 17.5 Å². The summed E-state index contributed by atoms with van der Waals surface area (Å²) in [6.45, 7) is 2.44. The van der Waals surface area contributed by atoms with Crippen molar-refractivity contribution in [3.05, 3.63) is 59.7 Å². The number of rotatable bonds is 9. The van der Waals surface area contributed by atoms with Gasteiger partial charge in [0, 0.05) is 5.69 Å². The van der Waals surface area contributed by atoms with Crippen LogP contribution in [0.2, 0.25) is 0 Å². The van der Waals surface area contributed by atoms with Crippen LogP contribution in [0.4, 0.5) is 5.69 Å². The zero-order valence-corrected chi connectivity index (χ0v) is 20.4. The van der Waals surface area contributed by atoms with Gasteiger partial charge in [0.1, 0.15) is 12.1 Å². The molecule has 34 heavy (non-hydrogen) atoms. The summed E-state index contributed by atoms with van der Waals surface area (Å²) < 4.78 is 58.3. The number of hydrogen-bond donors (Lipinski definition) is 3. The summed E-state index contributed by atoms with van der Waals surface area (Å²) in [6.07, 6.45) is 2.20. The van der Waals surface area contributed by atoms with Gasteiger partial charge in [0.05, 0.1) is 11.2 Å². The molecular weight excluding hydrogens is 482 g/mol. The number of nitrogens with one attached hydrogen (secondary N) is 3. The van der Waals surface area contributed by atoms with Crippen LogP contribution < -0.4 is 14.8 Å². The third-order valence-corrected chi connectivity index (χ3v) is 7.25. The van der Waals surface area contributed by atoms with Gasteiger partial charge in [0.2, 0.25) is 20.0 Å². The minimum Gasteiger partial charge on any atom is -0.391 e. The van der Waals surface area contributed by atoms with Crippen molar-refractivity contribution in [1.82, 2.24) is 10.0 Å². The summed E-state index contributed by atoms with van der Waals surface area (Å²) >= 11 is 0. The normalized spacial score (nSPS) is 17.2. The van der Waals surface area contributed by atoms with Crippen molar-refractivity contribution in [3.8, 4) is 0 Å². The standard InChI is InChI=1S/C22H27N3O7S2/c1-15-5-11-18(12-6-15)34(30,31)25-20(22(27)32-21(26)19-4-3-13-23-19)14-16-7-9-17(10-8-16)24-33(2,28)29/h5-12,19-20,23-25H,3-4,13-14H2,1-2H3/t19-,20-/m0/s1. The van der Waals surface area contributed by atoms with Gasteiger partial charge < -0.3 is 10.1 Å². The molecule has 3 rings (SSSR count). The highest BCUT2D eigenvalue weighted by Gasteiger charge is 2.32. The van der Waals surface area contributed by atoms with Crippen LogP contribution in [0.1, 0.15) is 24.0 Å². The van der Waals surface area contributed by atoms with Crippen molar-refractivity contribution >= 4 is 37.7 Å². The molecule has 0 saturated carbocycles. The monoisotopic (exact) mass is 509 g/mol. The molecule has 1 heterocycles. The molecule has 2 aromatic rings. The van der Waals surface area contributed by atoms with Crippen LogP contribution in [0.25, 0.3) is 0 Å². The molecule has 1 aliphatic heterocycles. The Labute approximate surface area is 199 Å². The fraction of sp³-hybridized carbons (Fsp3) is 0.364. The van der Waals surface area contributed by atoms with Crippen LogP contribution in [0.5, 0.6) is 0 Å². The van der Waals surface area contributed by atoms with Crippen molar-refractivity contribution in [1.29, 1.82) is 0 Å². The van der Waals surface area contributed by atoms with Crippen LogP contribution in [0.15, 0.2) is 53.4 Å². The van der Waals surface area contributed by atoms with E-state index in [1.165, 1.54) is 24.3 Å². The van der Waals surface area contributed by atoms with Gasteiger partial charge in [-0.1, -0.05) is 29.8 Å². The first-order chi connectivity index (χ1) is 15.9. The van der Waals surface area contributed by atoms with Crippen molar-refractivity contribution in [3.63, 3.8) is 0 Å². The number of esters is 2. The molecule has 12 heteroatoms. The van der Waals surface area contributed by atoms with Crippen LogP contribution in [-0.4, -0.2) is 53.7 Å². The van der Waals surface area contributed by atoms with Crippen LogP contribution in [-0.2, 0) is 40.8 Å². The Morgan fingerprint density at radius 3 is 2.26 bits per heavy atom. The molecule has 10 nitrogen and oxygen atoms in total. The van der Waals surface area contributed by atoms with Gasteiger partial charge in [-0.15, -0.1) is 0 Å². The van der Waals surface area contributed by atoms with Crippen LogP contribution in [0, 0.1) is 6.92 Å². The second-order valence-electron chi connectivity index (χ2n) is 8.15. The zero-order chi connectivity index (χ0) is 24.9. The van der Waals surface area contributed by atoms with Gasteiger partial charge in [-0.2, -0.15) is 4.72 Å². The van der Waals surface area contributed by atoms with E-state index in [9.17, 15) is 26.4 Å². The van der Waals surface area contributed by atoms with E-state index in [4.69, 9.17) is 4.74 Å². The first kappa shape index (κ1) is 25.8. The van der Waals surface area contributed by atoms with Gasteiger partial charge in [-0.05, 0) is 62.6 Å².